The van der Waals surface area contributed by atoms with Crippen LogP contribution >= 0.6 is 21.6 Å². The second-order valence-corrected chi connectivity index (χ2v) is 8.44. The SMILES string of the molecule is CCCCC(CCC)CSSC(CCC)CCCC. The van der Waals surface area contributed by atoms with Gasteiger partial charge in [-0.25, -0.2) is 0 Å². The van der Waals surface area contributed by atoms with Crippen LogP contribution in [0.2, 0.25) is 0 Å². The molecule has 0 radical (unpaired) electrons. The van der Waals surface area contributed by atoms with E-state index in [1.54, 1.807) is 0 Å². The van der Waals surface area contributed by atoms with Gasteiger partial charge in [-0.15, -0.1) is 0 Å². The molecule has 2 heteroatoms. The van der Waals surface area contributed by atoms with Gasteiger partial charge in [-0.1, -0.05) is 87.8 Å². The van der Waals surface area contributed by atoms with Crippen molar-refractivity contribution < 1.29 is 0 Å². The molecule has 0 amide bonds. The average molecular weight is 305 g/mol. The predicted molar refractivity (Wildman–Crippen MR) is 96.2 cm³/mol. The first-order chi connectivity index (χ1) is 9.28. The number of hydrogen-bond donors (Lipinski definition) is 0. The highest BCUT2D eigenvalue weighted by Gasteiger charge is 2.12. The normalized spacial score (nSPS) is 14.5. The lowest BCUT2D eigenvalue weighted by molar-refractivity contribution is 0.474. The molecule has 0 heterocycles. The molecule has 0 fully saturated rings. The summed E-state index contributed by atoms with van der Waals surface area (Å²) in [7, 11) is 4.36. The molecule has 0 rings (SSSR count). The van der Waals surface area contributed by atoms with Crippen molar-refractivity contribution in [2.45, 2.75) is 97.2 Å². The summed E-state index contributed by atoms with van der Waals surface area (Å²) >= 11 is 0. The molecule has 0 aliphatic heterocycles. The summed E-state index contributed by atoms with van der Waals surface area (Å²) in [6, 6.07) is 0. The molecule has 0 saturated heterocycles. The Morgan fingerprint density at radius 3 is 1.89 bits per heavy atom. The van der Waals surface area contributed by atoms with Crippen molar-refractivity contribution in [3.8, 4) is 0 Å². The first-order valence-electron chi connectivity index (χ1n) is 8.56. The third kappa shape index (κ3) is 12.2. The number of rotatable bonds is 14. The Bertz CT molecular complexity index is 153. The van der Waals surface area contributed by atoms with E-state index in [4.69, 9.17) is 0 Å². The molecule has 0 aromatic carbocycles. The number of unbranched alkanes of at least 4 members (excludes halogenated alkanes) is 2. The molecule has 0 aromatic rings. The third-order valence-electron chi connectivity index (χ3n) is 3.66. The van der Waals surface area contributed by atoms with Gasteiger partial charge in [0.15, 0.2) is 0 Å². The second kappa shape index (κ2) is 15.1. The van der Waals surface area contributed by atoms with Crippen molar-refractivity contribution in [1.29, 1.82) is 0 Å². The van der Waals surface area contributed by atoms with Crippen molar-refractivity contribution in [3.05, 3.63) is 0 Å². The van der Waals surface area contributed by atoms with Gasteiger partial charge in [-0.3, -0.25) is 0 Å². The Labute approximate surface area is 130 Å². The maximum atomic E-state index is 2.33. The minimum absolute atomic E-state index is 0.906. The van der Waals surface area contributed by atoms with Crippen molar-refractivity contribution in [1.82, 2.24) is 0 Å². The molecule has 0 N–H and O–H groups in total. The van der Waals surface area contributed by atoms with Gasteiger partial charge in [0.1, 0.15) is 0 Å². The molecular formula is C17H36S2. The zero-order chi connectivity index (χ0) is 14.3. The fraction of sp³-hybridized carbons (Fsp3) is 1.00. The molecule has 116 valence electrons. The predicted octanol–water partition coefficient (Wildman–Crippen LogP) is 7.33. The molecule has 0 aliphatic rings. The van der Waals surface area contributed by atoms with Gasteiger partial charge in [0.2, 0.25) is 0 Å². The van der Waals surface area contributed by atoms with E-state index in [0.29, 0.717) is 0 Å². The first-order valence-corrected chi connectivity index (χ1v) is 10.9. The third-order valence-corrected chi connectivity index (χ3v) is 6.78. The highest BCUT2D eigenvalue weighted by atomic mass is 33.1. The molecule has 0 nitrogen and oxygen atoms in total. The molecule has 19 heavy (non-hydrogen) atoms. The van der Waals surface area contributed by atoms with E-state index in [1.165, 1.54) is 70.0 Å². The van der Waals surface area contributed by atoms with E-state index in [0.717, 1.165) is 11.2 Å². The van der Waals surface area contributed by atoms with Gasteiger partial charge in [0.05, 0.1) is 0 Å². The van der Waals surface area contributed by atoms with Crippen LogP contribution in [0.5, 0.6) is 0 Å². The minimum Gasteiger partial charge on any atom is -0.0936 e. The Kier molecular flexibility index (Phi) is 15.7. The Morgan fingerprint density at radius 1 is 0.684 bits per heavy atom. The lowest BCUT2D eigenvalue weighted by atomic mass is 9.99. The van der Waals surface area contributed by atoms with Crippen LogP contribution in [0.1, 0.15) is 91.9 Å². The monoisotopic (exact) mass is 304 g/mol. The summed E-state index contributed by atoms with van der Waals surface area (Å²) < 4.78 is 0. The standard InChI is InChI=1S/C17H36S2/c1-5-9-13-16(11-7-3)15-18-19-17(12-8-4)14-10-6-2/h16-17H,5-15H2,1-4H3. The molecular weight excluding hydrogens is 268 g/mol. The first kappa shape index (κ1) is 19.7. The molecule has 2 unspecified atom stereocenters. The molecule has 0 aromatic heterocycles. The lowest BCUT2D eigenvalue weighted by Crippen LogP contribution is -2.05. The van der Waals surface area contributed by atoms with Crippen LogP contribution in [0, 0.1) is 5.92 Å². The fourth-order valence-corrected chi connectivity index (χ4v) is 5.80. The van der Waals surface area contributed by atoms with Crippen LogP contribution in [0.15, 0.2) is 0 Å². The summed E-state index contributed by atoms with van der Waals surface area (Å²) in [5, 5.41) is 0.906. The van der Waals surface area contributed by atoms with Gasteiger partial charge in [0, 0.05) is 11.0 Å². The van der Waals surface area contributed by atoms with Gasteiger partial charge in [0.25, 0.3) is 0 Å². The minimum atomic E-state index is 0.906. The Balaban J connectivity index is 3.83. The Hall–Kier alpha value is 0.700. The van der Waals surface area contributed by atoms with Crippen LogP contribution in [0.3, 0.4) is 0 Å². The zero-order valence-corrected chi connectivity index (χ0v) is 15.4. The van der Waals surface area contributed by atoms with Crippen LogP contribution < -0.4 is 0 Å². The van der Waals surface area contributed by atoms with Crippen molar-refractivity contribution in [2.75, 3.05) is 5.75 Å². The molecule has 2 atom stereocenters. The molecule has 0 spiro atoms. The summed E-state index contributed by atoms with van der Waals surface area (Å²) in [5.74, 6) is 2.35. The molecule has 0 bridgehead atoms. The zero-order valence-electron chi connectivity index (χ0n) is 13.7. The number of hydrogen-bond acceptors (Lipinski definition) is 2. The van der Waals surface area contributed by atoms with E-state index >= 15 is 0 Å². The fourth-order valence-electron chi connectivity index (χ4n) is 2.44. The molecule has 0 saturated carbocycles. The van der Waals surface area contributed by atoms with Gasteiger partial charge < -0.3 is 0 Å². The van der Waals surface area contributed by atoms with Crippen LogP contribution in [0.25, 0.3) is 0 Å². The maximum Gasteiger partial charge on any atom is 0.0151 e. The highest BCUT2D eigenvalue weighted by molar-refractivity contribution is 8.76. The smallest absolute Gasteiger partial charge is 0.0151 e. The van der Waals surface area contributed by atoms with Crippen LogP contribution in [-0.2, 0) is 0 Å². The largest absolute Gasteiger partial charge is 0.0936 e. The van der Waals surface area contributed by atoms with Gasteiger partial charge in [-0.05, 0) is 31.6 Å². The summed E-state index contributed by atoms with van der Waals surface area (Å²) in [6.45, 7) is 9.28. The average Bonchev–Trinajstić information content (AvgIpc) is 2.42. The summed E-state index contributed by atoms with van der Waals surface area (Å²) in [6.07, 6.45) is 13.9. The van der Waals surface area contributed by atoms with E-state index in [1.807, 2.05) is 0 Å². The van der Waals surface area contributed by atoms with Crippen LogP contribution in [0.4, 0.5) is 0 Å². The van der Waals surface area contributed by atoms with Crippen molar-refractivity contribution >= 4 is 21.6 Å². The highest BCUT2D eigenvalue weighted by Crippen LogP contribution is 2.35. The van der Waals surface area contributed by atoms with Gasteiger partial charge in [-0.2, -0.15) is 0 Å². The second-order valence-electron chi connectivity index (χ2n) is 5.73. The Morgan fingerprint density at radius 2 is 1.32 bits per heavy atom. The van der Waals surface area contributed by atoms with E-state index in [2.05, 4.69) is 49.3 Å². The van der Waals surface area contributed by atoms with Crippen molar-refractivity contribution in [3.63, 3.8) is 0 Å². The van der Waals surface area contributed by atoms with Crippen LogP contribution in [-0.4, -0.2) is 11.0 Å². The lowest BCUT2D eigenvalue weighted by Gasteiger charge is -2.18. The van der Waals surface area contributed by atoms with E-state index < -0.39 is 0 Å². The summed E-state index contributed by atoms with van der Waals surface area (Å²) in [4.78, 5) is 0. The topological polar surface area (TPSA) is 0 Å². The van der Waals surface area contributed by atoms with Crippen molar-refractivity contribution in [2.24, 2.45) is 5.92 Å². The maximum absolute atomic E-state index is 2.33. The summed E-state index contributed by atoms with van der Waals surface area (Å²) in [5.41, 5.74) is 0. The quantitative estimate of drug-likeness (QED) is 0.308. The van der Waals surface area contributed by atoms with E-state index in [-0.39, 0.29) is 0 Å². The molecule has 0 aliphatic carbocycles. The van der Waals surface area contributed by atoms with Gasteiger partial charge >= 0.3 is 0 Å². The van der Waals surface area contributed by atoms with E-state index in [9.17, 15) is 0 Å².